The summed E-state index contributed by atoms with van der Waals surface area (Å²) < 4.78 is 47.9. The molecule has 0 radical (unpaired) electrons. The van der Waals surface area contributed by atoms with Crippen molar-refractivity contribution in [3.8, 4) is 0 Å². The Balaban J connectivity index is 1.54. The highest BCUT2D eigenvalue weighted by atomic mass is 19.4. The maximum absolute atomic E-state index is 12.2. The fourth-order valence-corrected chi connectivity index (χ4v) is 3.23. The van der Waals surface area contributed by atoms with Crippen LogP contribution in [0.15, 0.2) is 6.07 Å². The van der Waals surface area contributed by atoms with E-state index in [2.05, 4.69) is 15.1 Å². The maximum Gasteiger partial charge on any atom is 0.405 e. The van der Waals surface area contributed by atoms with Gasteiger partial charge in [-0.1, -0.05) is 0 Å². The summed E-state index contributed by atoms with van der Waals surface area (Å²) in [5.74, 6) is -0.752. The molecule has 0 saturated carbocycles. The number of alkyl halides is 3. The van der Waals surface area contributed by atoms with Gasteiger partial charge in [0.25, 0.3) is 0 Å². The van der Waals surface area contributed by atoms with Gasteiger partial charge in [-0.2, -0.15) is 18.3 Å². The predicted molar refractivity (Wildman–Crippen MR) is 80.7 cm³/mol. The monoisotopic (exact) mass is 362 g/mol. The highest BCUT2D eigenvalue weighted by Gasteiger charge is 2.47. The van der Waals surface area contributed by atoms with Crippen LogP contribution >= 0.6 is 0 Å². The van der Waals surface area contributed by atoms with Crippen LogP contribution in [0.25, 0.3) is 0 Å². The Hall–Kier alpha value is -1.65. The molecule has 1 aromatic heterocycles. The maximum atomic E-state index is 12.2. The number of hydrogen-bond acceptors (Lipinski definition) is 5. The quantitative estimate of drug-likeness (QED) is 0.827. The number of morpholine rings is 1. The molecule has 2 fully saturated rings. The standard InChI is InChI=1S/C15H21F3N4O3/c1-10-4-11(21-20-10)6-22-2-3-25-14(8-22)5-12(24-9-14)13(23)19-7-15(16,17)18/h4,12H,2-3,5-9H2,1H3,(H,19,23)(H,20,21). The summed E-state index contributed by atoms with van der Waals surface area (Å²) in [6.07, 6.45) is -5.12. The second-order valence-corrected chi connectivity index (χ2v) is 6.62. The highest BCUT2D eigenvalue weighted by molar-refractivity contribution is 5.81. The first kappa shape index (κ1) is 18.2. The number of aromatic nitrogens is 2. The number of nitrogens with one attached hydrogen (secondary N) is 2. The van der Waals surface area contributed by atoms with E-state index in [1.54, 1.807) is 0 Å². The predicted octanol–water partition coefficient (Wildman–Crippen LogP) is 0.757. The number of nitrogens with zero attached hydrogens (tertiary/aromatic N) is 2. The van der Waals surface area contributed by atoms with Gasteiger partial charge in [0.1, 0.15) is 18.2 Å². The average Bonchev–Trinajstić information content (AvgIpc) is 3.11. The van der Waals surface area contributed by atoms with E-state index in [9.17, 15) is 18.0 Å². The van der Waals surface area contributed by atoms with E-state index in [0.717, 1.165) is 17.9 Å². The molecule has 1 aromatic rings. The first-order valence-electron chi connectivity index (χ1n) is 8.08. The SMILES string of the molecule is Cc1cc(CN2CCOC3(COC(C(=O)NCC(F)(F)F)C3)C2)n[nH]1. The normalized spacial score (nSPS) is 27.8. The Bertz CT molecular complexity index is 621. The van der Waals surface area contributed by atoms with Gasteiger partial charge >= 0.3 is 6.18 Å². The van der Waals surface area contributed by atoms with Gasteiger partial charge in [0.15, 0.2) is 0 Å². The lowest BCUT2D eigenvalue weighted by atomic mass is 9.97. The summed E-state index contributed by atoms with van der Waals surface area (Å²) in [5, 5.41) is 8.96. The number of aromatic amines is 1. The topological polar surface area (TPSA) is 79.5 Å². The number of amides is 1. The third-order valence-corrected chi connectivity index (χ3v) is 4.33. The molecule has 2 saturated heterocycles. The molecule has 2 atom stereocenters. The average molecular weight is 362 g/mol. The smallest absolute Gasteiger partial charge is 0.370 e. The Morgan fingerprint density at radius 1 is 1.56 bits per heavy atom. The number of aryl methyl sites for hydroxylation is 1. The zero-order chi connectivity index (χ0) is 18.1. The van der Waals surface area contributed by atoms with Gasteiger partial charge in [0, 0.05) is 31.7 Å². The lowest BCUT2D eigenvalue weighted by Crippen LogP contribution is -2.52. The lowest BCUT2D eigenvalue weighted by Gasteiger charge is -2.39. The van der Waals surface area contributed by atoms with E-state index in [4.69, 9.17) is 9.47 Å². The second-order valence-electron chi connectivity index (χ2n) is 6.62. The first-order valence-corrected chi connectivity index (χ1v) is 8.08. The lowest BCUT2D eigenvalue weighted by molar-refractivity contribution is -0.143. The first-order chi connectivity index (χ1) is 11.7. The molecular weight excluding hydrogens is 341 g/mol. The van der Waals surface area contributed by atoms with Gasteiger partial charge in [-0.15, -0.1) is 0 Å². The number of H-pyrrole nitrogens is 1. The van der Waals surface area contributed by atoms with E-state index >= 15 is 0 Å². The van der Waals surface area contributed by atoms with Crippen LogP contribution in [0, 0.1) is 6.92 Å². The number of carbonyl (C=O) groups is 1. The second kappa shape index (κ2) is 6.93. The number of rotatable bonds is 4. The van der Waals surface area contributed by atoms with Gasteiger partial charge in [-0.3, -0.25) is 14.8 Å². The van der Waals surface area contributed by atoms with Crippen molar-refractivity contribution in [1.29, 1.82) is 0 Å². The third-order valence-electron chi connectivity index (χ3n) is 4.33. The fourth-order valence-electron chi connectivity index (χ4n) is 3.23. The van der Waals surface area contributed by atoms with Crippen molar-refractivity contribution in [3.05, 3.63) is 17.5 Å². The number of halogens is 3. The number of ether oxygens (including phenoxy) is 2. The van der Waals surface area contributed by atoms with E-state index in [0.29, 0.717) is 19.7 Å². The minimum Gasteiger partial charge on any atom is -0.370 e. The minimum atomic E-state index is -4.44. The van der Waals surface area contributed by atoms with Crippen LogP contribution < -0.4 is 5.32 Å². The van der Waals surface area contributed by atoms with E-state index in [1.165, 1.54) is 0 Å². The number of carbonyl (C=O) groups excluding carboxylic acids is 1. The molecule has 2 unspecified atom stereocenters. The fraction of sp³-hybridized carbons (Fsp3) is 0.733. The molecule has 1 amide bonds. The van der Waals surface area contributed by atoms with Crippen LogP contribution in [0.2, 0.25) is 0 Å². The molecule has 2 aliphatic rings. The Morgan fingerprint density at radius 3 is 3.04 bits per heavy atom. The van der Waals surface area contributed by atoms with Crippen LogP contribution in [0.1, 0.15) is 17.8 Å². The molecule has 140 valence electrons. The van der Waals surface area contributed by atoms with Gasteiger partial charge in [0.2, 0.25) is 5.91 Å². The van der Waals surface area contributed by atoms with Crippen LogP contribution in [0.4, 0.5) is 13.2 Å². The van der Waals surface area contributed by atoms with Crippen LogP contribution in [0.3, 0.4) is 0 Å². The zero-order valence-corrected chi connectivity index (χ0v) is 13.9. The third kappa shape index (κ3) is 4.71. The van der Waals surface area contributed by atoms with Crippen molar-refractivity contribution < 1.29 is 27.4 Å². The molecular formula is C15H21F3N4O3. The molecule has 3 heterocycles. The number of hydrogen-bond donors (Lipinski definition) is 2. The van der Waals surface area contributed by atoms with Crippen LogP contribution in [0.5, 0.6) is 0 Å². The molecule has 0 aromatic carbocycles. The minimum absolute atomic E-state index is 0.188. The molecule has 2 aliphatic heterocycles. The summed E-state index contributed by atoms with van der Waals surface area (Å²) in [6.45, 7) is 3.13. The van der Waals surface area contributed by atoms with E-state index < -0.39 is 30.3 Å². The van der Waals surface area contributed by atoms with Crippen molar-refractivity contribution in [2.24, 2.45) is 0 Å². The van der Waals surface area contributed by atoms with Crippen molar-refractivity contribution in [3.63, 3.8) is 0 Å². The highest BCUT2D eigenvalue weighted by Crippen LogP contribution is 2.32. The van der Waals surface area contributed by atoms with Crippen molar-refractivity contribution in [1.82, 2.24) is 20.4 Å². The van der Waals surface area contributed by atoms with E-state index in [1.807, 2.05) is 18.3 Å². The largest absolute Gasteiger partial charge is 0.405 e. The van der Waals surface area contributed by atoms with Crippen LogP contribution in [-0.4, -0.2) is 71.7 Å². The summed E-state index contributed by atoms with van der Waals surface area (Å²) in [6, 6.07) is 1.96. The Labute approximate surface area is 142 Å². The summed E-state index contributed by atoms with van der Waals surface area (Å²) >= 11 is 0. The van der Waals surface area contributed by atoms with Crippen LogP contribution in [-0.2, 0) is 20.8 Å². The molecule has 25 heavy (non-hydrogen) atoms. The van der Waals surface area contributed by atoms with Gasteiger partial charge in [0.05, 0.1) is 18.9 Å². The Morgan fingerprint density at radius 2 is 2.36 bits per heavy atom. The molecule has 0 aliphatic carbocycles. The summed E-state index contributed by atoms with van der Waals surface area (Å²) in [4.78, 5) is 14.0. The van der Waals surface area contributed by atoms with E-state index in [-0.39, 0.29) is 13.0 Å². The molecule has 1 spiro atoms. The van der Waals surface area contributed by atoms with Gasteiger partial charge in [-0.25, -0.2) is 0 Å². The van der Waals surface area contributed by atoms with Crippen molar-refractivity contribution >= 4 is 5.91 Å². The van der Waals surface area contributed by atoms with Crippen molar-refractivity contribution in [2.45, 2.75) is 37.8 Å². The van der Waals surface area contributed by atoms with Gasteiger partial charge < -0.3 is 14.8 Å². The summed E-state index contributed by atoms with van der Waals surface area (Å²) in [7, 11) is 0. The zero-order valence-electron chi connectivity index (χ0n) is 13.9. The molecule has 7 nitrogen and oxygen atoms in total. The van der Waals surface area contributed by atoms with Gasteiger partial charge in [-0.05, 0) is 13.0 Å². The molecule has 0 bridgehead atoms. The summed E-state index contributed by atoms with van der Waals surface area (Å²) in [5.41, 5.74) is 1.22. The molecule has 2 N–H and O–H groups in total. The Kier molecular flexibility index (Phi) is 5.03. The molecule has 3 rings (SSSR count). The molecule has 10 heteroatoms. The van der Waals surface area contributed by atoms with Crippen molar-refractivity contribution in [2.75, 3.05) is 32.8 Å².